The van der Waals surface area contributed by atoms with Crippen LogP contribution in [0.2, 0.25) is 0 Å². The number of nitrogens with zero attached hydrogens (tertiary/aromatic N) is 3. The van der Waals surface area contributed by atoms with Gasteiger partial charge in [-0.1, -0.05) is 0 Å². The minimum Gasteiger partial charge on any atom is -0.493 e. The zero-order chi connectivity index (χ0) is 20.6. The summed E-state index contributed by atoms with van der Waals surface area (Å²) in [5.41, 5.74) is 1.98. The van der Waals surface area contributed by atoms with Crippen LogP contribution in [0.15, 0.2) is 18.5 Å². The molecular weight excluding hydrogens is 509 g/mol. The summed E-state index contributed by atoms with van der Waals surface area (Å²) in [4.78, 5) is 2.33. The van der Waals surface area contributed by atoms with E-state index in [2.05, 4.69) is 12.8 Å². The summed E-state index contributed by atoms with van der Waals surface area (Å²) < 4.78 is 45.3. The number of piperidine rings is 1. The first-order valence-corrected chi connectivity index (χ1v) is 13.0. The van der Waals surface area contributed by atoms with Gasteiger partial charge in [0.1, 0.15) is 27.1 Å². The molecule has 2 aliphatic heterocycles. The highest BCUT2D eigenvalue weighted by atomic mass is 127. The summed E-state index contributed by atoms with van der Waals surface area (Å²) in [6.07, 6.45) is 4.16. The zero-order valence-electron chi connectivity index (χ0n) is 16.5. The SMILES string of the molecule is COc1cc2c(cc1OC)C(N1CCC(C3(CNS(N)(=O)=O)CC3)CC1)=NI=N2. The lowest BCUT2D eigenvalue weighted by molar-refractivity contribution is 0.187. The monoisotopic (exact) mass is 535 g/mol. The Hall–Kier alpha value is -1.31. The maximum atomic E-state index is 11.3. The quantitative estimate of drug-likeness (QED) is 0.543. The van der Waals surface area contributed by atoms with Gasteiger partial charge in [-0.05, 0) is 43.1 Å². The molecule has 4 rings (SSSR count). The number of nitrogens with two attached hydrogens (primary N) is 1. The molecule has 0 aromatic heterocycles. The van der Waals surface area contributed by atoms with Crippen molar-refractivity contribution in [1.82, 2.24) is 9.62 Å². The molecule has 0 spiro atoms. The molecule has 0 unspecified atom stereocenters. The van der Waals surface area contributed by atoms with Gasteiger partial charge in [-0.3, -0.25) is 0 Å². The van der Waals surface area contributed by atoms with E-state index in [9.17, 15) is 8.42 Å². The summed E-state index contributed by atoms with van der Waals surface area (Å²) in [7, 11) is -0.384. The average Bonchev–Trinajstić information content (AvgIpc) is 3.51. The molecule has 0 radical (unpaired) electrons. The van der Waals surface area contributed by atoms with E-state index < -0.39 is 31.5 Å². The van der Waals surface area contributed by atoms with Crippen molar-refractivity contribution in [3.8, 4) is 11.5 Å². The van der Waals surface area contributed by atoms with E-state index in [0.717, 1.165) is 55.9 Å². The number of methoxy groups -OCH3 is 2. The van der Waals surface area contributed by atoms with E-state index >= 15 is 0 Å². The van der Waals surface area contributed by atoms with Crippen molar-refractivity contribution in [2.45, 2.75) is 25.7 Å². The van der Waals surface area contributed by atoms with Crippen LogP contribution in [-0.4, -0.2) is 53.0 Å². The molecule has 2 heterocycles. The average molecular weight is 535 g/mol. The topological polar surface area (TPSA) is 119 Å². The van der Waals surface area contributed by atoms with Crippen molar-refractivity contribution in [3.05, 3.63) is 17.7 Å². The normalized spacial score (nSPS) is 21.1. The third-order valence-electron chi connectivity index (χ3n) is 6.17. The Morgan fingerprint density at radius 2 is 1.90 bits per heavy atom. The van der Waals surface area contributed by atoms with E-state index in [4.69, 9.17) is 17.8 Å². The Labute approximate surface area is 181 Å². The lowest BCUT2D eigenvalue weighted by atomic mass is 9.81. The molecule has 29 heavy (non-hydrogen) atoms. The van der Waals surface area contributed by atoms with Gasteiger partial charge in [0.2, 0.25) is 0 Å². The Kier molecular flexibility index (Phi) is 5.84. The van der Waals surface area contributed by atoms with Crippen molar-refractivity contribution in [3.63, 3.8) is 0 Å². The summed E-state index contributed by atoms with van der Waals surface area (Å²) in [5, 5.41) is 5.12. The first-order valence-electron chi connectivity index (χ1n) is 9.56. The number of benzene rings is 1. The lowest BCUT2D eigenvalue weighted by Gasteiger charge is -2.38. The molecule has 9 nitrogen and oxygen atoms in total. The molecule has 0 amide bonds. The number of rotatable bonds is 6. The highest BCUT2D eigenvalue weighted by Gasteiger charge is 2.50. The van der Waals surface area contributed by atoms with E-state index in [-0.39, 0.29) is 5.41 Å². The number of fused-ring (bicyclic) bond motifs is 1. The summed E-state index contributed by atoms with van der Waals surface area (Å²) in [6.45, 7) is 2.25. The van der Waals surface area contributed by atoms with Gasteiger partial charge in [0.15, 0.2) is 11.5 Å². The molecule has 0 bridgehead atoms. The third-order valence-corrected chi connectivity index (χ3v) is 8.12. The molecule has 11 heteroatoms. The highest BCUT2D eigenvalue weighted by molar-refractivity contribution is 14.1. The van der Waals surface area contributed by atoms with Crippen LogP contribution in [0.5, 0.6) is 11.5 Å². The van der Waals surface area contributed by atoms with Gasteiger partial charge in [-0.25, -0.2) is 13.0 Å². The second kappa shape index (κ2) is 8.08. The number of nitrogens with one attached hydrogen (secondary N) is 1. The molecule has 1 aliphatic carbocycles. The van der Waals surface area contributed by atoms with Crippen LogP contribution in [0.1, 0.15) is 31.2 Å². The highest BCUT2D eigenvalue weighted by Crippen LogP contribution is 2.55. The molecule has 1 aromatic carbocycles. The molecule has 1 aromatic rings. The first-order chi connectivity index (χ1) is 13.8. The molecule has 3 aliphatic rings. The fourth-order valence-electron chi connectivity index (χ4n) is 4.32. The zero-order valence-corrected chi connectivity index (χ0v) is 19.5. The third kappa shape index (κ3) is 4.42. The Bertz CT molecular complexity index is 953. The van der Waals surface area contributed by atoms with Crippen molar-refractivity contribution in [1.29, 1.82) is 0 Å². The van der Waals surface area contributed by atoms with E-state index in [1.807, 2.05) is 12.1 Å². The van der Waals surface area contributed by atoms with Crippen LogP contribution in [-0.2, 0) is 10.2 Å². The van der Waals surface area contributed by atoms with Crippen LogP contribution < -0.4 is 19.3 Å². The fraction of sp³-hybridized carbons (Fsp3) is 0.611. The molecule has 3 N–H and O–H groups in total. The number of halogens is 1. The van der Waals surface area contributed by atoms with Crippen LogP contribution in [0.25, 0.3) is 0 Å². The minimum absolute atomic E-state index is 0.0731. The van der Waals surface area contributed by atoms with Crippen molar-refractivity contribution in [2.75, 3.05) is 33.9 Å². The van der Waals surface area contributed by atoms with Crippen molar-refractivity contribution < 1.29 is 17.9 Å². The number of hydrogen-bond donors (Lipinski definition) is 2. The summed E-state index contributed by atoms with van der Waals surface area (Å²) in [6, 6.07) is 3.89. The standard InChI is InChI=1S/C18H26IN5O4S/c1-27-15-9-13-14(10-16(15)28-2)22-19-23-17(13)24-7-3-12(4-8-24)18(5-6-18)11-21-29(20,25)26/h9-10,12,21H,3-8,11H2,1-2H3,(H2,20,25,26). The van der Waals surface area contributed by atoms with Crippen molar-refractivity contribution >= 4 is 43.0 Å². The molecular formula is C18H26IN5O4S. The Morgan fingerprint density at radius 1 is 1.24 bits per heavy atom. The molecule has 0 atom stereocenters. The number of likely N-dealkylation sites (tertiary alicyclic amines) is 1. The van der Waals surface area contributed by atoms with Gasteiger partial charge in [0.25, 0.3) is 10.2 Å². The fourth-order valence-corrected chi connectivity index (χ4v) is 6.32. The maximum Gasteiger partial charge on any atom is 0.274 e. The smallest absolute Gasteiger partial charge is 0.274 e. The number of ether oxygens (including phenoxy) is 2. The molecule has 160 valence electrons. The second-order valence-corrected chi connectivity index (χ2v) is 10.6. The van der Waals surface area contributed by atoms with Gasteiger partial charge in [0, 0.05) is 31.3 Å². The first kappa shape index (κ1) is 20.9. The van der Waals surface area contributed by atoms with Crippen LogP contribution in [0, 0.1) is 11.3 Å². The van der Waals surface area contributed by atoms with Gasteiger partial charge >= 0.3 is 0 Å². The van der Waals surface area contributed by atoms with E-state index in [1.54, 1.807) is 14.2 Å². The molecule has 1 saturated heterocycles. The molecule has 1 saturated carbocycles. The molecule has 2 fully saturated rings. The summed E-state index contributed by atoms with van der Waals surface area (Å²) in [5.74, 6) is 2.85. The van der Waals surface area contributed by atoms with Crippen molar-refractivity contribution in [2.24, 2.45) is 22.8 Å². The minimum atomic E-state index is -3.64. The van der Waals surface area contributed by atoms with E-state index in [0.29, 0.717) is 24.0 Å². The predicted octanol–water partition coefficient (Wildman–Crippen LogP) is 2.45. The summed E-state index contributed by atoms with van der Waals surface area (Å²) >= 11 is -0.631. The van der Waals surface area contributed by atoms with Gasteiger partial charge in [-0.15, -0.1) is 0 Å². The van der Waals surface area contributed by atoms with Crippen LogP contribution in [0.4, 0.5) is 5.69 Å². The largest absolute Gasteiger partial charge is 0.493 e. The number of amidine groups is 1. The number of hydrogen-bond acceptors (Lipinski definition) is 7. The van der Waals surface area contributed by atoms with Crippen LogP contribution >= 0.6 is 21.3 Å². The van der Waals surface area contributed by atoms with E-state index in [1.165, 1.54) is 0 Å². The van der Waals surface area contributed by atoms with Gasteiger partial charge in [0.05, 0.1) is 19.9 Å². The predicted molar refractivity (Wildman–Crippen MR) is 119 cm³/mol. The van der Waals surface area contributed by atoms with Gasteiger partial charge < -0.3 is 14.4 Å². The lowest BCUT2D eigenvalue weighted by Crippen LogP contribution is -2.44. The Balaban J connectivity index is 1.46. The Morgan fingerprint density at radius 3 is 2.48 bits per heavy atom. The second-order valence-electron chi connectivity index (χ2n) is 7.78. The maximum absolute atomic E-state index is 11.3. The van der Waals surface area contributed by atoms with Crippen LogP contribution in [0.3, 0.4) is 0 Å². The van der Waals surface area contributed by atoms with Gasteiger partial charge in [-0.2, -0.15) is 11.6 Å².